The maximum atomic E-state index is 12.6. The van der Waals surface area contributed by atoms with Crippen molar-refractivity contribution in [3.8, 4) is 11.5 Å². The number of benzene rings is 2. The number of nitrogens with one attached hydrogen (secondary N) is 2. The molecule has 10 nitrogen and oxygen atoms in total. The smallest absolute Gasteiger partial charge is 0.300 e. The highest BCUT2D eigenvalue weighted by Gasteiger charge is 2.13. The minimum absolute atomic E-state index is 0.236. The Morgan fingerprint density at radius 3 is 2.62 bits per heavy atom. The lowest BCUT2D eigenvalue weighted by Crippen LogP contribution is -2.41. The Labute approximate surface area is 215 Å². The lowest BCUT2D eigenvalue weighted by Gasteiger charge is -2.26. The van der Waals surface area contributed by atoms with Crippen LogP contribution in [0.15, 0.2) is 65.2 Å². The van der Waals surface area contributed by atoms with Crippen LogP contribution < -0.4 is 20.3 Å². The Kier molecular flexibility index (Phi) is 7.48. The number of rotatable bonds is 9. The monoisotopic (exact) mass is 502 g/mol. The molecule has 10 heteroatoms. The average molecular weight is 503 g/mol. The Balaban J connectivity index is 1.20. The van der Waals surface area contributed by atoms with Gasteiger partial charge in [0, 0.05) is 70.0 Å². The number of morpholine rings is 1. The van der Waals surface area contributed by atoms with E-state index in [1.807, 2.05) is 43.3 Å². The Hall–Kier alpha value is -4.15. The standard InChI is InChI=1S/C27H30N6O4/c1-32(2)20-5-3-19(4-6-20)30-27-31-23-17-21(7-8-25(23)37-27)36-22-9-10-28-24(18-22)26(34)29-11-12-33-13-15-35-16-14-33/h3-10,17-18H,11-16H2,1-2H3,(H,29,34)(H,30,31). The van der Waals surface area contributed by atoms with Crippen LogP contribution in [0.2, 0.25) is 0 Å². The molecule has 0 radical (unpaired) electrons. The van der Waals surface area contributed by atoms with Gasteiger partial charge in [-0.3, -0.25) is 14.7 Å². The van der Waals surface area contributed by atoms with Crippen LogP contribution in [0.25, 0.3) is 11.1 Å². The molecule has 5 rings (SSSR count). The van der Waals surface area contributed by atoms with Gasteiger partial charge in [-0.2, -0.15) is 4.98 Å². The number of anilines is 3. The third kappa shape index (κ3) is 6.35. The third-order valence-electron chi connectivity index (χ3n) is 6.01. The Morgan fingerprint density at radius 2 is 1.84 bits per heavy atom. The van der Waals surface area contributed by atoms with Crippen LogP contribution in [0.1, 0.15) is 10.5 Å². The van der Waals surface area contributed by atoms with Crippen molar-refractivity contribution in [1.29, 1.82) is 0 Å². The van der Waals surface area contributed by atoms with Gasteiger partial charge in [0.15, 0.2) is 5.58 Å². The zero-order valence-corrected chi connectivity index (χ0v) is 20.9. The van der Waals surface area contributed by atoms with Crippen molar-refractivity contribution in [2.75, 3.05) is 63.7 Å². The van der Waals surface area contributed by atoms with Crippen molar-refractivity contribution in [3.63, 3.8) is 0 Å². The second-order valence-corrected chi connectivity index (χ2v) is 8.90. The molecule has 0 aliphatic carbocycles. The average Bonchev–Trinajstić information content (AvgIpc) is 3.31. The van der Waals surface area contributed by atoms with Gasteiger partial charge in [0.2, 0.25) is 0 Å². The molecular formula is C27H30N6O4. The van der Waals surface area contributed by atoms with Gasteiger partial charge in [-0.15, -0.1) is 0 Å². The van der Waals surface area contributed by atoms with E-state index < -0.39 is 0 Å². The molecule has 2 aromatic carbocycles. The Morgan fingerprint density at radius 1 is 1.05 bits per heavy atom. The topological polar surface area (TPSA) is 105 Å². The third-order valence-corrected chi connectivity index (χ3v) is 6.01. The molecule has 4 aromatic rings. The molecule has 192 valence electrons. The van der Waals surface area contributed by atoms with E-state index in [2.05, 4.69) is 25.5 Å². The molecule has 1 aliphatic rings. The molecule has 1 fully saturated rings. The molecule has 0 atom stereocenters. The van der Waals surface area contributed by atoms with Crippen molar-refractivity contribution >= 4 is 34.4 Å². The normalized spacial score (nSPS) is 13.9. The molecular weight excluding hydrogens is 472 g/mol. The minimum Gasteiger partial charge on any atom is -0.457 e. The lowest BCUT2D eigenvalue weighted by molar-refractivity contribution is 0.0383. The summed E-state index contributed by atoms with van der Waals surface area (Å²) in [7, 11) is 4.00. The number of aromatic nitrogens is 2. The first-order valence-corrected chi connectivity index (χ1v) is 12.2. The number of hydrogen-bond donors (Lipinski definition) is 2. The molecule has 1 aliphatic heterocycles. The predicted molar refractivity (Wildman–Crippen MR) is 142 cm³/mol. The summed E-state index contributed by atoms with van der Waals surface area (Å²) in [5.74, 6) is 0.850. The van der Waals surface area contributed by atoms with Crippen molar-refractivity contribution in [3.05, 3.63) is 66.5 Å². The van der Waals surface area contributed by atoms with Crippen LogP contribution in [0, 0.1) is 0 Å². The second-order valence-electron chi connectivity index (χ2n) is 8.90. The van der Waals surface area contributed by atoms with E-state index in [1.54, 1.807) is 36.5 Å². The second kappa shape index (κ2) is 11.3. The number of ether oxygens (including phenoxy) is 2. The molecule has 1 amide bonds. The van der Waals surface area contributed by atoms with E-state index in [4.69, 9.17) is 13.9 Å². The first-order chi connectivity index (χ1) is 18.0. The summed E-state index contributed by atoms with van der Waals surface area (Å²) in [6.45, 7) is 4.56. The fraction of sp³-hybridized carbons (Fsp3) is 0.296. The zero-order chi connectivity index (χ0) is 25.6. The summed E-state index contributed by atoms with van der Waals surface area (Å²) in [5.41, 5.74) is 3.57. The van der Waals surface area contributed by atoms with Gasteiger partial charge in [-0.1, -0.05) is 0 Å². The van der Waals surface area contributed by atoms with E-state index in [9.17, 15) is 4.79 Å². The van der Waals surface area contributed by atoms with E-state index in [-0.39, 0.29) is 5.91 Å². The van der Waals surface area contributed by atoms with Crippen molar-refractivity contribution in [2.24, 2.45) is 0 Å². The number of amides is 1. The van der Waals surface area contributed by atoms with Gasteiger partial charge in [0.1, 0.15) is 22.7 Å². The van der Waals surface area contributed by atoms with Crippen LogP contribution in [-0.2, 0) is 4.74 Å². The fourth-order valence-corrected chi connectivity index (χ4v) is 3.97. The van der Waals surface area contributed by atoms with E-state index in [1.165, 1.54) is 0 Å². The summed E-state index contributed by atoms with van der Waals surface area (Å²) >= 11 is 0. The summed E-state index contributed by atoms with van der Waals surface area (Å²) in [4.78, 5) is 25.6. The van der Waals surface area contributed by atoms with Gasteiger partial charge in [0.05, 0.1) is 13.2 Å². The van der Waals surface area contributed by atoms with Crippen molar-refractivity contribution < 1.29 is 18.7 Å². The molecule has 3 heterocycles. The molecule has 37 heavy (non-hydrogen) atoms. The van der Waals surface area contributed by atoms with E-state index in [0.717, 1.165) is 44.2 Å². The number of carbonyl (C=O) groups excluding carboxylic acids is 1. The van der Waals surface area contributed by atoms with Crippen molar-refractivity contribution in [1.82, 2.24) is 20.2 Å². The fourth-order valence-electron chi connectivity index (χ4n) is 3.97. The number of hydrogen-bond acceptors (Lipinski definition) is 9. The minimum atomic E-state index is -0.236. The lowest BCUT2D eigenvalue weighted by atomic mass is 10.2. The first-order valence-electron chi connectivity index (χ1n) is 12.2. The molecule has 0 bridgehead atoms. The van der Waals surface area contributed by atoms with E-state index in [0.29, 0.717) is 40.9 Å². The van der Waals surface area contributed by atoms with Gasteiger partial charge in [0.25, 0.3) is 11.9 Å². The Bertz CT molecular complexity index is 1350. The van der Waals surface area contributed by atoms with Gasteiger partial charge in [-0.25, -0.2) is 0 Å². The molecule has 1 saturated heterocycles. The number of pyridine rings is 1. The quantitative estimate of drug-likeness (QED) is 0.353. The van der Waals surface area contributed by atoms with Crippen LogP contribution in [-0.4, -0.2) is 74.3 Å². The molecule has 0 unspecified atom stereocenters. The van der Waals surface area contributed by atoms with Gasteiger partial charge < -0.3 is 29.4 Å². The summed E-state index contributed by atoms with van der Waals surface area (Å²) < 4.78 is 17.2. The highest BCUT2D eigenvalue weighted by molar-refractivity contribution is 5.92. The van der Waals surface area contributed by atoms with Crippen LogP contribution in [0.5, 0.6) is 11.5 Å². The highest BCUT2D eigenvalue weighted by Crippen LogP contribution is 2.29. The zero-order valence-electron chi connectivity index (χ0n) is 20.9. The predicted octanol–water partition coefficient (Wildman–Crippen LogP) is 3.89. The maximum absolute atomic E-state index is 12.6. The SMILES string of the molecule is CN(C)c1ccc(Nc2nc3cc(Oc4ccnc(C(=O)NCCN5CCOCC5)c4)ccc3o2)cc1. The van der Waals surface area contributed by atoms with Crippen molar-refractivity contribution in [2.45, 2.75) is 0 Å². The summed E-state index contributed by atoms with van der Waals surface area (Å²) in [6, 6.07) is 17.1. The molecule has 0 spiro atoms. The van der Waals surface area contributed by atoms with Gasteiger partial charge >= 0.3 is 0 Å². The van der Waals surface area contributed by atoms with Crippen LogP contribution >= 0.6 is 0 Å². The molecule has 2 N–H and O–H groups in total. The summed E-state index contributed by atoms with van der Waals surface area (Å²) in [6.07, 6.45) is 1.56. The largest absolute Gasteiger partial charge is 0.457 e. The summed E-state index contributed by atoms with van der Waals surface area (Å²) in [5, 5.41) is 6.11. The van der Waals surface area contributed by atoms with Crippen LogP contribution in [0.4, 0.5) is 17.4 Å². The highest BCUT2D eigenvalue weighted by atomic mass is 16.5. The molecule has 2 aromatic heterocycles. The van der Waals surface area contributed by atoms with E-state index >= 15 is 0 Å². The number of oxazole rings is 1. The number of fused-ring (bicyclic) bond motifs is 1. The maximum Gasteiger partial charge on any atom is 0.300 e. The van der Waals surface area contributed by atoms with Crippen LogP contribution in [0.3, 0.4) is 0 Å². The number of nitrogens with zero attached hydrogens (tertiary/aromatic N) is 4. The van der Waals surface area contributed by atoms with Gasteiger partial charge in [-0.05, 0) is 42.5 Å². The number of carbonyl (C=O) groups is 1. The first kappa shape index (κ1) is 24.5. The molecule has 0 saturated carbocycles.